The number of imidazole rings is 1. The van der Waals surface area contributed by atoms with Gasteiger partial charge in [0.25, 0.3) is 0 Å². The first-order valence-electron chi connectivity index (χ1n) is 4.98. The van der Waals surface area contributed by atoms with Crippen molar-refractivity contribution in [1.29, 1.82) is 0 Å². The number of nitrogens with zero attached hydrogens (tertiary/aromatic N) is 2. The molecule has 1 aromatic rings. The molecule has 2 nitrogen and oxygen atoms in total. The Morgan fingerprint density at radius 3 is 2.92 bits per heavy atom. The van der Waals surface area contributed by atoms with Crippen molar-refractivity contribution in [2.24, 2.45) is 0 Å². The summed E-state index contributed by atoms with van der Waals surface area (Å²) in [5.74, 6) is 0. The standard InChI is InChI=1S/C11H18N2/c1-3-5-6-7-11(4-2)13-9-8-12-10-13/h4,8-11H,2-3,5-7H2,1H3. The summed E-state index contributed by atoms with van der Waals surface area (Å²) in [6.07, 6.45) is 12.7. The average molecular weight is 178 g/mol. The molecule has 0 bridgehead atoms. The van der Waals surface area contributed by atoms with Gasteiger partial charge in [-0.05, 0) is 6.42 Å². The van der Waals surface area contributed by atoms with Gasteiger partial charge in [0.2, 0.25) is 0 Å². The maximum Gasteiger partial charge on any atom is 0.0951 e. The van der Waals surface area contributed by atoms with Crippen LogP contribution >= 0.6 is 0 Å². The summed E-state index contributed by atoms with van der Waals surface area (Å²) in [7, 11) is 0. The zero-order valence-electron chi connectivity index (χ0n) is 8.32. The molecule has 0 N–H and O–H groups in total. The molecule has 1 atom stereocenters. The van der Waals surface area contributed by atoms with E-state index in [1.54, 1.807) is 0 Å². The van der Waals surface area contributed by atoms with Crippen LogP contribution in [0.25, 0.3) is 0 Å². The van der Waals surface area contributed by atoms with E-state index in [0.717, 1.165) is 0 Å². The fraction of sp³-hybridized carbons (Fsp3) is 0.545. The van der Waals surface area contributed by atoms with Crippen LogP contribution in [-0.4, -0.2) is 9.55 Å². The van der Waals surface area contributed by atoms with Gasteiger partial charge in [0.1, 0.15) is 0 Å². The minimum atomic E-state index is 0.425. The number of allylic oxidation sites excluding steroid dienone is 1. The summed E-state index contributed by atoms with van der Waals surface area (Å²) >= 11 is 0. The predicted molar refractivity (Wildman–Crippen MR) is 55.6 cm³/mol. The highest BCUT2D eigenvalue weighted by Crippen LogP contribution is 2.16. The topological polar surface area (TPSA) is 17.8 Å². The summed E-state index contributed by atoms with van der Waals surface area (Å²) in [6, 6.07) is 0.425. The van der Waals surface area contributed by atoms with Crippen LogP contribution in [0.1, 0.15) is 38.6 Å². The van der Waals surface area contributed by atoms with Crippen LogP contribution in [0.3, 0.4) is 0 Å². The molecule has 0 saturated heterocycles. The molecule has 0 radical (unpaired) electrons. The SMILES string of the molecule is C=CC(CCCCC)n1ccnc1. The van der Waals surface area contributed by atoms with Crippen molar-refractivity contribution in [1.82, 2.24) is 9.55 Å². The first kappa shape index (κ1) is 10.0. The van der Waals surface area contributed by atoms with Crippen molar-refractivity contribution in [2.45, 2.75) is 38.6 Å². The van der Waals surface area contributed by atoms with E-state index in [4.69, 9.17) is 0 Å². The largest absolute Gasteiger partial charge is 0.331 e. The third-order valence-corrected chi connectivity index (χ3v) is 2.28. The van der Waals surface area contributed by atoms with Gasteiger partial charge in [-0.2, -0.15) is 0 Å². The first-order chi connectivity index (χ1) is 6.38. The van der Waals surface area contributed by atoms with E-state index in [0.29, 0.717) is 6.04 Å². The molecule has 0 aromatic carbocycles. The fourth-order valence-corrected chi connectivity index (χ4v) is 1.46. The van der Waals surface area contributed by atoms with Crippen LogP contribution in [0.2, 0.25) is 0 Å². The third kappa shape index (κ3) is 3.05. The Morgan fingerprint density at radius 2 is 2.38 bits per heavy atom. The quantitative estimate of drug-likeness (QED) is 0.483. The Kier molecular flexibility index (Phi) is 4.30. The lowest BCUT2D eigenvalue weighted by Gasteiger charge is -2.13. The van der Waals surface area contributed by atoms with Gasteiger partial charge >= 0.3 is 0 Å². The van der Waals surface area contributed by atoms with E-state index >= 15 is 0 Å². The normalized spacial score (nSPS) is 12.7. The Balaban J connectivity index is 2.40. The maximum atomic E-state index is 4.03. The van der Waals surface area contributed by atoms with Gasteiger partial charge in [-0.1, -0.05) is 32.3 Å². The van der Waals surface area contributed by atoms with Crippen LogP contribution in [0.4, 0.5) is 0 Å². The summed E-state index contributed by atoms with van der Waals surface area (Å²) in [4.78, 5) is 4.03. The van der Waals surface area contributed by atoms with Gasteiger partial charge in [-0.25, -0.2) is 4.98 Å². The summed E-state index contributed by atoms with van der Waals surface area (Å²) in [5.41, 5.74) is 0. The predicted octanol–water partition coefficient (Wildman–Crippen LogP) is 3.19. The Labute approximate surface area is 80.3 Å². The minimum Gasteiger partial charge on any atom is -0.331 e. The van der Waals surface area contributed by atoms with Crippen molar-refractivity contribution in [3.8, 4) is 0 Å². The summed E-state index contributed by atoms with van der Waals surface area (Å²) in [5, 5.41) is 0. The van der Waals surface area contributed by atoms with Crippen LogP contribution in [0, 0.1) is 0 Å². The Morgan fingerprint density at radius 1 is 1.54 bits per heavy atom. The third-order valence-electron chi connectivity index (χ3n) is 2.28. The van der Waals surface area contributed by atoms with Crippen molar-refractivity contribution in [3.63, 3.8) is 0 Å². The molecule has 1 aromatic heterocycles. The molecule has 13 heavy (non-hydrogen) atoms. The number of hydrogen-bond donors (Lipinski definition) is 0. The molecule has 0 aliphatic heterocycles. The van der Waals surface area contributed by atoms with Gasteiger partial charge in [-0.3, -0.25) is 0 Å². The lowest BCUT2D eigenvalue weighted by Crippen LogP contribution is -2.03. The number of hydrogen-bond acceptors (Lipinski definition) is 1. The lowest BCUT2D eigenvalue weighted by molar-refractivity contribution is 0.519. The average Bonchev–Trinajstić information content (AvgIpc) is 2.65. The molecule has 0 aliphatic rings. The van der Waals surface area contributed by atoms with Crippen molar-refractivity contribution in [2.75, 3.05) is 0 Å². The van der Waals surface area contributed by atoms with Crippen molar-refractivity contribution >= 4 is 0 Å². The molecular weight excluding hydrogens is 160 g/mol. The molecule has 0 aliphatic carbocycles. The molecule has 0 saturated carbocycles. The van der Waals surface area contributed by atoms with E-state index in [-0.39, 0.29) is 0 Å². The first-order valence-corrected chi connectivity index (χ1v) is 4.98. The van der Waals surface area contributed by atoms with Crippen molar-refractivity contribution < 1.29 is 0 Å². The fourth-order valence-electron chi connectivity index (χ4n) is 1.46. The molecule has 72 valence electrons. The molecule has 0 fully saturated rings. The van der Waals surface area contributed by atoms with Crippen LogP contribution < -0.4 is 0 Å². The second-order valence-electron chi connectivity index (χ2n) is 3.31. The van der Waals surface area contributed by atoms with Gasteiger partial charge in [0.15, 0.2) is 0 Å². The molecule has 1 unspecified atom stereocenters. The highest BCUT2D eigenvalue weighted by molar-refractivity contribution is 4.89. The summed E-state index contributed by atoms with van der Waals surface area (Å²) < 4.78 is 2.11. The van der Waals surface area contributed by atoms with Crippen LogP contribution in [0.5, 0.6) is 0 Å². The van der Waals surface area contributed by atoms with Gasteiger partial charge < -0.3 is 4.57 Å². The second kappa shape index (κ2) is 5.57. The molecular formula is C11H18N2. The van der Waals surface area contributed by atoms with E-state index in [9.17, 15) is 0 Å². The van der Waals surface area contributed by atoms with Gasteiger partial charge in [0.05, 0.1) is 12.4 Å². The number of unbranched alkanes of at least 4 members (excludes halogenated alkanes) is 2. The van der Waals surface area contributed by atoms with E-state index in [1.807, 2.05) is 24.8 Å². The zero-order valence-corrected chi connectivity index (χ0v) is 8.32. The second-order valence-corrected chi connectivity index (χ2v) is 3.31. The minimum absolute atomic E-state index is 0.425. The molecule has 2 heteroatoms. The molecule has 0 amide bonds. The number of aromatic nitrogens is 2. The van der Waals surface area contributed by atoms with Crippen LogP contribution in [-0.2, 0) is 0 Å². The summed E-state index contributed by atoms with van der Waals surface area (Å²) in [6.45, 7) is 6.07. The zero-order chi connectivity index (χ0) is 9.52. The Bertz CT molecular complexity index is 226. The monoisotopic (exact) mass is 178 g/mol. The Hall–Kier alpha value is -1.05. The highest BCUT2D eigenvalue weighted by atomic mass is 15.0. The maximum absolute atomic E-state index is 4.03. The molecule has 1 rings (SSSR count). The molecule has 1 heterocycles. The van der Waals surface area contributed by atoms with Gasteiger partial charge in [-0.15, -0.1) is 6.58 Å². The van der Waals surface area contributed by atoms with Crippen LogP contribution in [0.15, 0.2) is 31.4 Å². The highest BCUT2D eigenvalue weighted by Gasteiger charge is 2.03. The number of rotatable bonds is 6. The molecule has 0 spiro atoms. The smallest absolute Gasteiger partial charge is 0.0951 e. The lowest BCUT2D eigenvalue weighted by atomic mass is 10.1. The van der Waals surface area contributed by atoms with Gasteiger partial charge in [0, 0.05) is 12.4 Å². The van der Waals surface area contributed by atoms with E-state index in [2.05, 4.69) is 23.1 Å². The van der Waals surface area contributed by atoms with E-state index < -0.39 is 0 Å². The van der Waals surface area contributed by atoms with Crippen molar-refractivity contribution in [3.05, 3.63) is 31.4 Å². The van der Waals surface area contributed by atoms with E-state index in [1.165, 1.54) is 25.7 Å².